The number of fused-ring (bicyclic) bond motifs is 1. The largest absolute Gasteiger partial charge is 0.392 e. The third-order valence-corrected chi connectivity index (χ3v) is 9.35. The maximum Gasteiger partial charge on any atom is 0.228 e. The molecule has 6 aromatic rings. The maximum absolute atomic E-state index is 13.8. The highest BCUT2D eigenvalue weighted by atomic mass is 16.3. The van der Waals surface area contributed by atoms with Crippen LogP contribution in [-0.4, -0.2) is 45.8 Å². The molecule has 0 bridgehead atoms. The Labute approximate surface area is 269 Å². The van der Waals surface area contributed by atoms with Gasteiger partial charge >= 0.3 is 0 Å². The SMILES string of the molecule is CN1CCC(C(=O)Nc2nn(C(c3ccccc3)(c3ccccc3)c3ccccc3)c3ccc(-c4cccc(CO)c4)cc23)CC1. The highest BCUT2D eigenvalue weighted by Gasteiger charge is 2.41. The van der Waals surface area contributed by atoms with E-state index in [1.54, 1.807) is 0 Å². The summed E-state index contributed by atoms with van der Waals surface area (Å²) in [6.45, 7) is 1.77. The molecule has 0 spiro atoms. The average Bonchev–Trinajstić information content (AvgIpc) is 3.47. The fourth-order valence-electron chi connectivity index (χ4n) is 6.89. The molecular formula is C40H38N4O2. The van der Waals surface area contributed by atoms with Gasteiger partial charge in [-0.2, -0.15) is 5.10 Å². The topological polar surface area (TPSA) is 70.4 Å². The fourth-order valence-corrected chi connectivity index (χ4v) is 6.89. The van der Waals surface area contributed by atoms with Crippen LogP contribution in [0.2, 0.25) is 0 Å². The van der Waals surface area contributed by atoms with E-state index < -0.39 is 5.54 Å². The van der Waals surface area contributed by atoms with Gasteiger partial charge in [0.25, 0.3) is 0 Å². The Morgan fingerprint density at radius 2 is 1.33 bits per heavy atom. The normalized spacial score (nSPS) is 14.4. The number of hydrogen-bond donors (Lipinski definition) is 2. The standard InChI is InChI=1S/C40H38N4O2/c1-43-24-22-30(23-25-43)39(46)41-38-36-27-32(31-13-11-12-29(26-31)28-45)20-21-37(36)44(42-38)40(33-14-5-2-6-15-33,34-16-7-3-8-17-34)35-18-9-4-10-19-35/h2-21,26-27,30,45H,22-25,28H2,1H3,(H,41,42,46). The monoisotopic (exact) mass is 606 g/mol. The number of carbonyl (C=O) groups excluding carboxylic acids is 1. The summed E-state index contributed by atoms with van der Waals surface area (Å²) in [4.78, 5) is 16.1. The Morgan fingerprint density at radius 3 is 1.89 bits per heavy atom. The molecule has 6 nitrogen and oxygen atoms in total. The Kier molecular flexibility index (Phi) is 8.22. The molecule has 0 atom stereocenters. The second kappa shape index (κ2) is 12.8. The third kappa shape index (κ3) is 5.40. The second-order valence-electron chi connectivity index (χ2n) is 12.2. The van der Waals surface area contributed by atoms with Gasteiger partial charge in [-0.3, -0.25) is 4.79 Å². The van der Waals surface area contributed by atoms with E-state index in [1.165, 1.54) is 0 Å². The number of nitrogens with one attached hydrogen (secondary N) is 1. The summed E-state index contributed by atoms with van der Waals surface area (Å²) in [5.74, 6) is 0.492. The van der Waals surface area contributed by atoms with Crippen molar-refractivity contribution >= 4 is 22.6 Å². The summed E-state index contributed by atoms with van der Waals surface area (Å²) < 4.78 is 2.10. The molecular weight excluding hydrogens is 568 g/mol. The van der Waals surface area contributed by atoms with Crippen molar-refractivity contribution in [2.75, 3.05) is 25.5 Å². The van der Waals surface area contributed by atoms with Crippen molar-refractivity contribution in [1.82, 2.24) is 14.7 Å². The zero-order valence-corrected chi connectivity index (χ0v) is 26.0. The summed E-state index contributed by atoms with van der Waals surface area (Å²) >= 11 is 0. The van der Waals surface area contributed by atoms with Crippen LogP contribution in [0.4, 0.5) is 5.82 Å². The molecule has 1 saturated heterocycles. The van der Waals surface area contributed by atoms with Crippen molar-refractivity contribution in [3.8, 4) is 11.1 Å². The number of carbonyl (C=O) groups is 1. The van der Waals surface area contributed by atoms with Crippen LogP contribution >= 0.6 is 0 Å². The number of anilines is 1. The Morgan fingerprint density at radius 1 is 0.761 bits per heavy atom. The molecule has 0 saturated carbocycles. The number of aliphatic hydroxyl groups excluding tert-OH is 1. The summed E-state index contributed by atoms with van der Waals surface area (Å²) in [7, 11) is 2.10. The Hall–Kier alpha value is -5.04. The number of rotatable bonds is 8. The minimum atomic E-state index is -0.836. The van der Waals surface area contributed by atoms with E-state index in [0.29, 0.717) is 5.82 Å². The van der Waals surface area contributed by atoms with Gasteiger partial charge in [0.2, 0.25) is 5.91 Å². The van der Waals surface area contributed by atoms with Crippen LogP contribution in [0.25, 0.3) is 22.0 Å². The first-order chi connectivity index (χ1) is 22.6. The van der Waals surface area contributed by atoms with E-state index in [9.17, 15) is 9.90 Å². The molecule has 1 aromatic heterocycles. The van der Waals surface area contributed by atoms with Crippen LogP contribution < -0.4 is 5.32 Å². The predicted molar refractivity (Wildman–Crippen MR) is 185 cm³/mol. The number of benzene rings is 5. The molecule has 6 heteroatoms. The zero-order valence-electron chi connectivity index (χ0n) is 26.0. The van der Waals surface area contributed by atoms with Gasteiger partial charge in [0.05, 0.1) is 12.1 Å². The van der Waals surface area contributed by atoms with Gasteiger partial charge in [0, 0.05) is 11.3 Å². The third-order valence-electron chi connectivity index (χ3n) is 9.35. The molecule has 46 heavy (non-hydrogen) atoms. The van der Waals surface area contributed by atoms with Crippen LogP contribution in [0, 0.1) is 5.92 Å². The van der Waals surface area contributed by atoms with Gasteiger partial charge in [-0.1, -0.05) is 115 Å². The van der Waals surface area contributed by atoms with E-state index in [2.05, 4.69) is 113 Å². The minimum Gasteiger partial charge on any atom is -0.392 e. The Balaban J connectivity index is 1.49. The number of aliphatic hydroxyl groups is 1. The van der Waals surface area contributed by atoms with E-state index in [0.717, 1.165) is 70.2 Å². The van der Waals surface area contributed by atoms with Crippen LogP contribution in [0.3, 0.4) is 0 Å². The minimum absolute atomic E-state index is 0.0112. The smallest absolute Gasteiger partial charge is 0.228 e. The van der Waals surface area contributed by atoms with Gasteiger partial charge < -0.3 is 15.3 Å². The molecule has 1 aliphatic heterocycles. The predicted octanol–water partition coefficient (Wildman–Crippen LogP) is 7.32. The lowest BCUT2D eigenvalue weighted by Crippen LogP contribution is -2.39. The van der Waals surface area contributed by atoms with Crippen LogP contribution in [-0.2, 0) is 16.9 Å². The van der Waals surface area contributed by atoms with Gasteiger partial charge in [0.15, 0.2) is 5.82 Å². The summed E-state index contributed by atoms with van der Waals surface area (Å²) in [5, 5.41) is 19.3. The van der Waals surface area contributed by atoms with Crippen molar-refractivity contribution in [2.45, 2.75) is 25.0 Å². The lowest BCUT2D eigenvalue weighted by Gasteiger charge is -2.37. The van der Waals surface area contributed by atoms with Crippen LogP contribution in [0.1, 0.15) is 35.1 Å². The molecule has 230 valence electrons. The summed E-state index contributed by atoms with van der Waals surface area (Å²) in [6, 6.07) is 45.7. The highest BCUT2D eigenvalue weighted by molar-refractivity contribution is 6.02. The maximum atomic E-state index is 13.8. The lowest BCUT2D eigenvalue weighted by atomic mass is 9.77. The summed E-state index contributed by atoms with van der Waals surface area (Å²) in [5.41, 5.74) is 6.07. The molecule has 1 amide bonds. The van der Waals surface area contributed by atoms with Crippen LogP contribution in [0.5, 0.6) is 0 Å². The lowest BCUT2D eigenvalue weighted by molar-refractivity contribution is -0.121. The average molecular weight is 607 g/mol. The van der Waals surface area contributed by atoms with E-state index in [4.69, 9.17) is 5.10 Å². The molecule has 0 radical (unpaired) electrons. The van der Waals surface area contributed by atoms with Crippen LogP contribution in [0.15, 0.2) is 133 Å². The molecule has 2 N–H and O–H groups in total. The van der Waals surface area contributed by atoms with Gasteiger partial charge in [-0.15, -0.1) is 0 Å². The van der Waals surface area contributed by atoms with Crippen molar-refractivity contribution in [2.24, 2.45) is 5.92 Å². The van der Waals surface area contributed by atoms with Crippen molar-refractivity contribution in [1.29, 1.82) is 0 Å². The number of likely N-dealkylation sites (tertiary alicyclic amines) is 1. The number of hydrogen-bond acceptors (Lipinski definition) is 4. The van der Waals surface area contributed by atoms with Gasteiger partial charge in [-0.05, 0) is 84.6 Å². The molecule has 0 aliphatic carbocycles. The first-order valence-electron chi connectivity index (χ1n) is 16.0. The highest BCUT2D eigenvalue weighted by Crippen LogP contribution is 2.44. The molecule has 1 aliphatic rings. The second-order valence-corrected chi connectivity index (χ2v) is 12.2. The quantitative estimate of drug-likeness (QED) is 0.178. The number of piperidine rings is 1. The van der Waals surface area contributed by atoms with Crippen molar-refractivity contribution in [3.05, 3.63) is 156 Å². The van der Waals surface area contributed by atoms with E-state index >= 15 is 0 Å². The number of aromatic nitrogens is 2. The molecule has 7 rings (SSSR count). The van der Waals surface area contributed by atoms with E-state index in [1.807, 2.05) is 42.5 Å². The summed E-state index contributed by atoms with van der Waals surface area (Å²) in [6.07, 6.45) is 1.64. The zero-order chi connectivity index (χ0) is 31.5. The Bertz CT molecular complexity index is 1850. The number of nitrogens with zero attached hydrogens (tertiary/aromatic N) is 3. The van der Waals surface area contributed by atoms with Gasteiger partial charge in [-0.25, -0.2) is 4.68 Å². The van der Waals surface area contributed by atoms with Gasteiger partial charge in [0.1, 0.15) is 5.54 Å². The molecule has 5 aromatic carbocycles. The molecule has 0 unspecified atom stereocenters. The molecule has 2 heterocycles. The van der Waals surface area contributed by atoms with Crippen molar-refractivity contribution in [3.63, 3.8) is 0 Å². The van der Waals surface area contributed by atoms with E-state index in [-0.39, 0.29) is 18.4 Å². The molecule has 1 fully saturated rings. The fraction of sp³-hybridized carbons (Fsp3) is 0.200. The van der Waals surface area contributed by atoms with Crippen molar-refractivity contribution < 1.29 is 9.90 Å². The first-order valence-corrected chi connectivity index (χ1v) is 16.0. The number of amides is 1. The first kappa shape index (κ1) is 29.7.